The number of amides is 1. The van der Waals surface area contributed by atoms with Crippen LogP contribution in [-0.4, -0.2) is 19.0 Å². The maximum Gasteiger partial charge on any atom is 0.338 e. The number of anilines is 1. The number of esters is 1. The van der Waals surface area contributed by atoms with Gasteiger partial charge in [-0.2, -0.15) is 0 Å². The van der Waals surface area contributed by atoms with Crippen LogP contribution in [0.25, 0.3) is 0 Å². The zero-order valence-corrected chi connectivity index (χ0v) is 12.6. The van der Waals surface area contributed by atoms with Gasteiger partial charge in [0.1, 0.15) is 0 Å². The average molecular weight is 304 g/mol. The van der Waals surface area contributed by atoms with Crippen LogP contribution < -0.4 is 11.1 Å². The first-order valence-electron chi connectivity index (χ1n) is 6.32. The lowest BCUT2D eigenvalue weighted by Crippen LogP contribution is -2.09. The molecule has 110 valence electrons. The Hall–Kier alpha value is -2.34. The van der Waals surface area contributed by atoms with Crippen LogP contribution in [0.2, 0.25) is 0 Å². The number of ether oxygens (including phenoxy) is 1. The number of benzene rings is 1. The highest BCUT2D eigenvalue weighted by molar-refractivity contribution is 7.10. The molecule has 0 atom stereocenters. The maximum absolute atomic E-state index is 11.6. The van der Waals surface area contributed by atoms with Crippen LogP contribution in [0.1, 0.15) is 31.2 Å². The SMILES string of the molecule is COC(=O)c1cccc(NCc2cc(C(N)=O)cs2)c1C. The second-order valence-electron chi connectivity index (χ2n) is 4.49. The molecule has 0 aliphatic heterocycles. The van der Waals surface area contributed by atoms with Crippen molar-refractivity contribution in [1.29, 1.82) is 0 Å². The van der Waals surface area contributed by atoms with Crippen molar-refractivity contribution in [3.05, 3.63) is 51.2 Å². The first-order chi connectivity index (χ1) is 10.0. The summed E-state index contributed by atoms with van der Waals surface area (Å²) in [6.07, 6.45) is 0. The first-order valence-corrected chi connectivity index (χ1v) is 7.20. The van der Waals surface area contributed by atoms with E-state index in [0.717, 1.165) is 16.1 Å². The Morgan fingerprint density at radius 1 is 1.38 bits per heavy atom. The summed E-state index contributed by atoms with van der Waals surface area (Å²) >= 11 is 1.46. The highest BCUT2D eigenvalue weighted by Gasteiger charge is 2.12. The summed E-state index contributed by atoms with van der Waals surface area (Å²) in [5.74, 6) is -0.787. The average Bonchev–Trinajstić information content (AvgIpc) is 2.94. The van der Waals surface area contributed by atoms with Crippen molar-refractivity contribution in [2.24, 2.45) is 5.73 Å². The van der Waals surface area contributed by atoms with Crippen molar-refractivity contribution in [2.75, 3.05) is 12.4 Å². The smallest absolute Gasteiger partial charge is 0.338 e. The van der Waals surface area contributed by atoms with Crippen LogP contribution in [0.15, 0.2) is 29.6 Å². The number of thiophene rings is 1. The van der Waals surface area contributed by atoms with E-state index in [0.29, 0.717) is 17.7 Å². The molecule has 5 nitrogen and oxygen atoms in total. The molecule has 0 saturated heterocycles. The van der Waals surface area contributed by atoms with E-state index in [-0.39, 0.29) is 5.97 Å². The van der Waals surface area contributed by atoms with Crippen LogP contribution in [0, 0.1) is 6.92 Å². The predicted octanol–water partition coefficient (Wildman–Crippen LogP) is 2.55. The number of hydrogen-bond donors (Lipinski definition) is 2. The molecule has 2 rings (SSSR count). The Morgan fingerprint density at radius 3 is 2.76 bits per heavy atom. The summed E-state index contributed by atoms with van der Waals surface area (Å²) in [5.41, 5.74) is 7.95. The van der Waals surface area contributed by atoms with Crippen molar-refractivity contribution < 1.29 is 14.3 Å². The zero-order chi connectivity index (χ0) is 15.4. The van der Waals surface area contributed by atoms with Crippen molar-refractivity contribution in [2.45, 2.75) is 13.5 Å². The number of primary amides is 1. The van der Waals surface area contributed by atoms with Gasteiger partial charge in [-0.3, -0.25) is 4.79 Å². The standard InChI is InChI=1S/C15H16N2O3S/c1-9-12(15(19)20-2)4-3-5-13(9)17-7-11-6-10(8-21-11)14(16)18/h3-6,8,17H,7H2,1-2H3,(H2,16,18). The summed E-state index contributed by atoms with van der Waals surface area (Å²) < 4.78 is 4.75. The van der Waals surface area contributed by atoms with Gasteiger partial charge in [-0.15, -0.1) is 11.3 Å². The van der Waals surface area contributed by atoms with E-state index < -0.39 is 5.91 Å². The molecule has 0 spiro atoms. The molecule has 0 fully saturated rings. The van der Waals surface area contributed by atoms with Crippen LogP contribution in [0.3, 0.4) is 0 Å². The third kappa shape index (κ3) is 3.41. The van der Waals surface area contributed by atoms with Crippen LogP contribution in [0.5, 0.6) is 0 Å². The largest absolute Gasteiger partial charge is 0.465 e. The molecule has 0 bridgehead atoms. The Kier molecular flexibility index (Phi) is 4.59. The quantitative estimate of drug-likeness (QED) is 0.832. The number of methoxy groups -OCH3 is 1. The minimum absolute atomic E-state index is 0.358. The number of nitrogens with two attached hydrogens (primary N) is 1. The van der Waals surface area contributed by atoms with E-state index in [9.17, 15) is 9.59 Å². The highest BCUT2D eigenvalue weighted by Crippen LogP contribution is 2.22. The van der Waals surface area contributed by atoms with Crippen molar-refractivity contribution in [3.8, 4) is 0 Å². The lowest BCUT2D eigenvalue weighted by Gasteiger charge is -2.11. The van der Waals surface area contributed by atoms with E-state index in [1.54, 1.807) is 23.6 Å². The molecule has 6 heteroatoms. The summed E-state index contributed by atoms with van der Waals surface area (Å²) in [4.78, 5) is 23.7. The second-order valence-corrected chi connectivity index (χ2v) is 5.48. The van der Waals surface area contributed by atoms with Crippen LogP contribution in [0.4, 0.5) is 5.69 Å². The molecular formula is C15H16N2O3S. The monoisotopic (exact) mass is 304 g/mol. The molecular weight excluding hydrogens is 288 g/mol. The van der Waals surface area contributed by atoms with Crippen molar-refractivity contribution >= 4 is 28.9 Å². The van der Waals surface area contributed by atoms with Gasteiger partial charge in [0.2, 0.25) is 5.91 Å². The van der Waals surface area contributed by atoms with Gasteiger partial charge in [0, 0.05) is 22.5 Å². The van der Waals surface area contributed by atoms with Crippen LogP contribution in [-0.2, 0) is 11.3 Å². The number of carbonyl (C=O) groups excluding carboxylic acids is 2. The Bertz CT molecular complexity index is 679. The fraction of sp³-hybridized carbons (Fsp3) is 0.200. The summed E-state index contributed by atoms with van der Waals surface area (Å²) in [7, 11) is 1.36. The number of hydrogen-bond acceptors (Lipinski definition) is 5. The third-order valence-electron chi connectivity index (χ3n) is 3.13. The molecule has 0 aliphatic rings. The molecule has 21 heavy (non-hydrogen) atoms. The number of carbonyl (C=O) groups is 2. The topological polar surface area (TPSA) is 81.4 Å². The van der Waals surface area contributed by atoms with E-state index in [1.807, 2.05) is 13.0 Å². The molecule has 1 amide bonds. The summed E-state index contributed by atoms with van der Waals surface area (Å²) in [6, 6.07) is 7.18. The van der Waals surface area contributed by atoms with E-state index >= 15 is 0 Å². The van der Waals surface area contributed by atoms with Crippen molar-refractivity contribution in [3.63, 3.8) is 0 Å². The lowest BCUT2D eigenvalue weighted by molar-refractivity contribution is 0.0600. The van der Waals surface area contributed by atoms with Crippen LogP contribution >= 0.6 is 11.3 Å². The van der Waals surface area contributed by atoms with Gasteiger partial charge in [-0.25, -0.2) is 4.79 Å². The molecule has 0 unspecified atom stereocenters. The van der Waals surface area contributed by atoms with E-state index in [2.05, 4.69) is 5.32 Å². The number of rotatable bonds is 5. The second kappa shape index (κ2) is 6.41. The maximum atomic E-state index is 11.6. The summed E-state index contributed by atoms with van der Waals surface area (Å²) in [6.45, 7) is 2.42. The molecule has 2 aromatic rings. The molecule has 3 N–H and O–H groups in total. The fourth-order valence-electron chi connectivity index (χ4n) is 1.94. The Morgan fingerprint density at radius 2 is 2.14 bits per heavy atom. The molecule has 0 radical (unpaired) electrons. The van der Waals surface area contributed by atoms with Gasteiger partial charge in [0.05, 0.1) is 18.2 Å². The van der Waals surface area contributed by atoms with Gasteiger partial charge >= 0.3 is 5.97 Å². The molecule has 0 aliphatic carbocycles. The highest BCUT2D eigenvalue weighted by atomic mass is 32.1. The minimum Gasteiger partial charge on any atom is -0.465 e. The van der Waals surface area contributed by atoms with E-state index in [4.69, 9.17) is 10.5 Å². The Balaban J connectivity index is 2.12. The predicted molar refractivity (Wildman–Crippen MR) is 82.7 cm³/mol. The lowest BCUT2D eigenvalue weighted by atomic mass is 10.1. The molecule has 1 heterocycles. The molecule has 0 saturated carbocycles. The molecule has 1 aromatic heterocycles. The van der Waals surface area contributed by atoms with Gasteiger partial charge in [0.25, 0.3) is 0 Å². The first kappa shape index (κ1) is 15.1. The number of nitrogens with one attached hydrogen (secondary N) is 1. The van der Waals surface area contributed by atoms with E-state index in [1.165, 1.54) is 18.4 Å². The Labute approximate surface area is 126 Å². The normalized spacial score (nSPS) is 10.2. The van der Waals surface area contributed by atoms with Gasteiger partial charge in [-0.1, -0.05) is 6.07 Å². The third-order valence-corrected chi connectivity index (χ3v) is 4.07. The zero-order valence-electron chi connectivity index (χ0n) is 11.8. The molecule has 1 aromatic carbocycles. The van der Waals surface area contributed by atoms with Crippen molar-refractivity contribution in [1.82, 2.24) is 0 Å². The fourth-order valence-corrected chi connectivity index (χ4v) is 2.76. The van der Waals surface area contributed by atoms with Gasteiger partial charge in [0.15, 0.2) is 0 Å². The van der Waals surface area contributed by atoms with Gasteiger partial charge in [-0.05, 0) is 30.7 Å². The van der Waals surface area contributed by atoms with Gasteiger partial charge < -0.3 is 15.8 Å². The summed E-state index contributed by atoms with van der Waals surface area (Å²) in [5, 5.41) is 4.98. The minimum atomic E-state index is -0.429.